The molecule has 0 saturated carbocycles. The molecule has 1 heterocycles. The standard InChI is InChI=1S/C18H22FN3/c1-11(2)18-21-16-8-3-12(10-20)9-15(16)17(22-18)13-4-6-14(19)7-5-13/h4-7,11-12H,3,8-10,20H2,1-2H3. The van der Waals surface area contributed by atoms with E-state index in [1.54, 1.807) is 12.1 Å². The van der Waals surface area contributed by atoms with E-state index in [0.717, 1.165) is 42.0 Å². The van der Waals surface area contributed by atoms with Crippen LogP contribution in [0.2, 0.25) is 0 Å². The third-order valence-corrected chi connectivity index (χ3v) is 4.36. The minimum atomic E-state index is -0.226. The second-order valence-corrected chi connectivity index (χ2v) is 6.36. The first-order valence-electron chi connectivity index (χ1n) is 7.94. The fourth-order valence-electron chi connectivity index (χ4n) is 3.01. The van der Waals surface area contributed by atoms with Gasteiger partial charge in [0.05, 0.1) is 5.69 Å². The van der Waals surface area contributed by atoms with Crippen LogP contribution in [0.1, 0.15) is 43.3 Å². The average molecular weight is 299 g/mol. The summed E-state index contributed by atoms with van der Waals surface area (Å²) >= 11 is 0. The van der Waals surface area contributed by atoms with Crippen LogP contribution in [0.25, 0.3) is 11.3 Å². The molecule has 116 valence electrons. The highest BCUT2D eigenvalue weighted by atomic mass is 19.1. The Morgan fingerprint density at radius 3 is 2.59 bits per heavy atom. The van der Waals surface area contributed by atoms with Gasteiger partial charge in [-0.25, -0.2) is 14.4 Å². The van der Waals surface area contributed by atoms with Crippen LogP contribution in [0.4, 0.5) is 4.39 Å². The maximum atomic E-state index is 13.2. The topological polar surface area (TPSA) is 51.8 Å². The van der Waals surface area contributed by atoms with Gasteiger partial charge in [0, 0.05) is 22.7 Å². The molecule has 1 unspecified atom stereocenters. The van der Waals surface area contributed by atoms with Crippen molar-refractivity contribution in [2.75, 3.05) is 6.54 Å². The fourth-order valence-corrected chi connectivity index (χ4v) is 3.01. The molecule has 2 aromatic rings. The molecule has 1 aliphatic rings. The number of fused-ring (bicyclic) bond motifs is 1. The molecule has 3 rings (SSSR count). The molecule has 4 heteroatoms. The predicted molar refractivity (Wildman–Crippen MR) is 86.1 cm³/mol. The minimum absolute atomic E-state index is 0.226. The van der Waals surface area contributed by atoms with E-state index in [1.807, 2.05) is 0 Å². The molecule has 0 amide bonds. The highest BCUT2D eigenvalue weighted by Gasteiger charge is 2.24. The SMILES string of the molecule is CC(C)c1nc2c(c(-c3ccc(F)cc3)n1)CC(CN)CC2. The van der Waals surface area contributed by atoms with Gasteiger partial charge in [-0.2, -0.15) is 0 Å². The van der Waals surface area contributed by atoms with Crippen molar-refractivity contribution in [3.8, 4) is 11.3 Å². The molecule has 2 N–H and O–H groups in total. The van der Waals surface area contributed by atoms with E-state index in [0.29, 0.717) is 12.5 Å². The van der Waals surface area contributed by atoms with Crippen LogP contribution in [-0.4, -0.2) is 16.5 Å². The maximum Gasteiger partial charge on any atom is 0.131 e. The summed E-state index contributed by atoms with van der Waals surface area (Å²) in [6.45, 7) is 4.89. The van der Waals surface area contributed by atoms with Crippen molar-refractivity contribution in [2.24, 2.45) is 11.7 Å². The molecular formula is C18H22FN3. The summed E-state index contributed by atoms with van der Waals surface area (Å²) in [5, 5.41) is 0. The van der Waals surface area contributed by atoms with Crippen molar-refractivity contribution in [1.29, 1.82) is 0 Å². The number of rotatable bonds is 3. The van der Waals surface area contributed by atoms with Gasteiger partial charge >= 0.3 is 0 Å². The van der Waals surface area contributed by atoms with Gasteiger partial charge in [0.1, 0.15) is 11.6 Å². The Hall–Kier alpha value is -1.81. The van der Waals surface area contributed by atoms with E-state index in [4.69, 9.17) is 15.7 Å². The second-order valence-electron chi connectivity index (χ2n) is 6.36. The van der Waals surface area contributed by atoms with Crippen LogP contribution in [0, 0.1) is 11.7 Å². The van der Waals surface area contributed by atoms with Gasteiger partial charge in [0.25, 0.3) is 0 Å². The Morgan fingerprint density at radius 2 is 1.95 bits per heavy atom. The third-order valence-electron chi connectivity index (χ3n) is 4.36. The minimum Gasteiger partial charge on any atom is -0.330 e. The monoisotopic (exact) mass is 299 g/mol. The van der Waals surface area contributed by atoms with Crippen molar-refractivity contribution in [3.05, 3.63) is 47.2 Å². The first-order chi connectivity index (χ1) is 10.6. The van der Waals surface area contributed by atoms with Crippen LogP contribution in [0.15, 0.2) is 24.3 Å². The molecule has 3 nitrogen and oxygen atoms in total. The zero-order valence-electron chi connectivity index (χ0n) is 13.1. The number of benzene rings is 1. The molecule has 1 atom stereocenters. The zero-order chi connectivity index (χ0) is 15.7. The zero-order valence-corrected chi connectivity index (χ0v) is 13.1. The van der Waals surface area contributed by atoms with E-state index >= 15 is 0 Å². The average Bonchev–Trinajstić information content (AvgIpc) is 2.54. The van der Waals surface area contributed by atoms with Gasteiger partial charge in [-0.15, -0.1) is 0 Å². The molecular weight excluding hydrogens is 277 g/mol. The molecule has 0 aliphatic heterocycles. The van der Waals surface area contributed by atoms with Crippen LogP contribution in [-0.2, 0) is 12.8 Å². The Kier molecular flexibility index (Phi) is 4.21. The Bertz CT molecular complexity index is 665. The Labute approximate surface area is 130 Å². The summed E-state index contributed by atoms with van der Waals surface area (Å²) in [4.78, 5) is 9.54. The van der Waals surface area contributed by atoms with Crippen LogP contribution in [0.5, 0.6) is 0 Å². The second kappa shape index (κ2) is 6.13. The maximum absolute atomic E-state index is 13.2. The lowest BCUT2D eigenvalue weighted by Gasteiger charge is -2.25. The molecule has 0 bridgehead atoms. The predicted octanol–water partition coefficient (Wildman–Crippen LogP) is 3.47. The number of aryl methyl sites for hydroxylation is 1. The van der Waals surface area contributed by atoms with Crippen molar-refractivity contribution in [2.45, 2.75) is 39.0 Å². The number of halogens is 1. The number of hydrogen-bond acceptors (Lipinski definition) is 3. The van der Waals surface area contributed by atoms with Gasteiger partial charge in [-0.05, 0) is 56.0 Å². The number of hydrogen-bond donors (Lipinski definition) is 1. The normalized spacial score (nSPS) is 17.6. The van der Waals surface area contributed by atoms with Gasteiger partial charge in [-0.3, -0.25) is 0 Å². The largest absolute Gasteiger partial charge is 0.330 e. The van der Waals surface area contributed by atoms with Crippen molar-refractivity contribution in [3.63, 3.8) is 0 Å². The summed E-state index contributed by atoms with van der Waals surface area (Å²) in [5.41, 5.74) is 10.1. The van der Waals surface area contributed by atoms with E-state index in [2.05, 4.69) is 13.8 Å². The van der Waals surface area contributed by atoms with E-state index in [1.165, 1.54) is 17.7 Å². The van der Waals surface area contributed by atoms with Crippen molar-refractivity contribution in [1.82, 2.24) is 9.97 Å². The lowest BCUT2D eigenvalue weighted by atomic mass is 9.84. The highest BCUT2D eigenvalue weighted by molar-refractivity contribution is 5.64. The first kappa shape index (κ1) is 15.1. The Morgan fingerprint density at radius 1 is 1.23 bits per heavy atom. The highest BCUT2D eigenvalue weighted by Crippen LogP contribution is 2.32. The lowest BCUT2D eigenvalue weighted by Crippen LogP contribution is -2.24. The number of aromatic nitrogens is 2. The Balaban J connectivity index is 2.13. The van der Waals surface area contributed by atoms with E-state index < -0.39 is 0 Å². The molecule has 0 radical (unpaired) electrons. The number of nitrogens with zero attached hydrogens (tertiary/aromatic N) is 2. The lowest BCUT2D eigenvalue weighted by molar-refractivity contribution is 0.460. The summed E-state index contributed by atoms with van der Waals surface area (Å²) in [6.07, 6.45) is 2.95. The fraction of sp³-hybridized carbons (Fsp3) is 0.444. The van der Waals surface area contributed by atoms with Crippen molar-refractivity contribution >= 4 is 0 Å². The van der Waals surface area contributed by atoms with Crippen LogP contribution >= 0.6 is 0 Å². The van der Waals surface area contributed by atoms with Gasteiger partial charge in [0.2, 0.25) is 0 Å². The first-order valence-corrected chi connectivity index (χ1v) is 7.94. The molecule has 0 fully saturated rings. The molecule has 1 aliphatic carbocycles. The summed E-state index contributed by atoms with van der Waals surface area (Å²) in [6, 6.07) is 6.58. The molecule has 0 saturated heterocycles. The molecule has 1 aromatic carbocycles. The molecule has 22 heavy (non-hydrogen) atoms. The summed E-state index contributed by atoms with van der Waals surface area (Å²) < 4.78 is 13.2. The van der Waals surface area contributed by atoms with Crippen molar-refractivity contribution < 1.29 is 4.39 Å². The third kappa shape index (κ3) is 2.88. The van der Waals surface area contributed by atoms with Gasteiger partial charge in [0.15, 0.2) is 0 Å². The van der Waals surface area contributed by atoms with Gasteiger partial charge in [-0.1, -0.05) is 13.8 Å². The van der Waals surface area contributed by atoms with Crippen LogP contribution < -0.4 is 5.73 Å². The smallest absolute Gasteiger partial charge is 0.131 e. The summed E-state index contributed by atoms with van der Waals surface area (Å²) in [5.74, 6) is 1.40. The van der Waals surface area contributed by atoms with Gasteiger partial charge < -0.3 is 5.73 Å². The molecule has 0 spiro atoms. The molecule has 1 aromatic heterocycles. The van der Waals surface area contributed by atoms with E-state index in [-0.39, 0.29) is 11.7 Å². The van der Waals surface area contributed by atoms with Crippen LogP contribution in [0.3, 0.4) is 0 Å². The quantitative estimate of drug-likeness (QED) is 0.944. The summed E-state index contributed by atoms with van der Waals surface area (Å²) in [7, 11) is 0. The van der Waals surface area contributed by atoms with E-state index in [9.17, 15) is 4.39 Å². The number of nitrogens with two attached hydrogens (primary N) is 1.